The van der Waals surface area contributed by atoms with E-state index in [1.807, 2.05) is 27.7 Å². The van der Waals surface area contributed by atoms with E-state index in [2.05, 4.69) is 31.2 Å². The lowest BCUT2D eigenvalue weighted by Crippen LogP contribution is -2.50. The number of unbranched alkanes of at least 4 members (excludes halogenated alkanes) is 2. The number of aliphatic hydroxyl groups excluding tert-OH is 2. The van der Waals surface area contributed by atoms with Gasteiger partial charge >= 0.3 is 12.1 Å². The van der Waals surface area contributed by atoms with Crippen molar-refractivity contribution in [3.8, 4) is 49.1 Å². The predicted molar refractivity (Wildman–Crippen MR) is 358 cm³/mol. The number of aliphatic hydroxyl groups is 2. The van der Waals surface area contributed by atoms with E-state index in [0.29, 0.717) is 95.9 Å². The molecule has 2 aliphatic rings. The van der Waals surface area contributed by atoms with Crippen molar-refractivity contribution in [3.05, 3.63) is 147 Å². The molecule has 0 unspecified atom stereocenters. The quantitative estimate of drug-likeness (QED) is 0.0350. The maximum absolute atomic E-state index is 15.2. The highest BCUT2D eigenvalue weighted by Crippen LogP contribution is 2.43. The van der Waals surface area contributed by atoms with Crippen LogP contribution in [-0.2, 0) is 36.9 Å². The summed E-state index contributed by atoms with van der Waals surface area (Å²) in [5.74, 6) is -4.29. The largest absolute Gasteiger partial charge is 0.508 e. The molecule has 95 heavy (non-hydrogen) atoms. The first-order valence-electron chi connectivity index (χ1n) is 30.1. The first-order valence-corrected chi connectivity index (χ1v) is 35.3. The number of nitrogens with zero attached hydrogens (tertiary/aromatic N) is 8. The minimum Gasteiger partial charge on any atom is -0.508 e. The Balaban J connectivity index is 0.928. The molecule has 7 atom stereocenters. The molecule has 494 valence electrons. The second kappa shape index (κ2) is 29.4. The van der Waals surface area contributed by atoms with Crippen LogP contribution in [0.3, 0.4) is 0 Å². The predicted octanol–water partition coefficient (Wildman–Crippen LogP) is 9.42. The molecule has 1 fully saturated rings. The molecule has 11 rings (SSSR count). The maximum Gasteiger partial charge on any atom is 0.407 e. The lowest BCUT2D eigenvalue weighted by molar-refractivity contribution is -0.155. The Hall–Kier alpha value is -8.82. The number of amides is 6. The summed E-state index contributed by atoms with van der Waals surface area (Å²) in [5, 5.41) is 55.6. The van der Waals surface area contributed by atoms with Crippen molar-refractivity contribution in [2.24, 2.45) is 11.7 Å². The number of rotatable bonds is 15. The summed E-state index contributed by atoms with van der Waals surface area (Å²) in [6.45, 7) is 9.03. The molecule has 31 heteroatoms. The average Bonchev–Trinajstić information content (AvgIpc) is 1.65. The van der Waals surface area contributed by atoms with Gasteiger partial charge in [-0.15, -0.1) is 68.0 Å². The molecule has 25 nitrogen and oxygen atoms in total. The van der Waals surface area contributed by atoms with Gasteiger partial charge in [-0.2, -0.15) is 0 Å². The van der Waals surface area contributed by atoms with Crippen LogP contribution in [0.15, 0.2) is 93.6 Å². The fourth-order valence-electron chi connectivity index (χ4n) is 10.6. The summed E-state index contributed by atoms with van der Waals surface area (Å²) in [7, 11) is 0. The molecular formula is C64H65N13O12S6. The molecule has 9 aromatic rings. The van der Waals surface area contributed by atoms with Crippen molar-refractivity contribution < 1.29 is 58.4 Å². The number of fused-ring (bicyclic) bond motifs is 16. The normalized spacial score (nSPS) is 18.8. The van der Waals surface area contributed by atoms with Gasteiger partial charge in [0, 0.05) is 69.2 Å². The monoisotopic (exact) mass is 1400 g/mol. The van der Waals surface area contributed by atoms with E-state index >= 15 is 4.79 Å². The minimum absolute atomic E-state index is 0.00636. The third-order valence-electron chi connectivity index (χ3n) is 15.4. The summed E-state index contributed by atoms with van der Waals surface area (Å²) < 4.78 is 10.9. The Kier molecular flexibility index (Phi) is 20.9. The van der Waals surface area contributed by atoms with Crippen LogP contribution in [0, 0.1) is 12.8 Å². The Labute approximate surface area is 568 Å². The number of phenolic OH excluding ortho intramolecular Hbond substituents is 1. The summed E-state index contributed by atoms with van der Waals surface area (Å²) in [6, 6.07) is 13.8. The number of phenols is 1. The standard InChI is InChI=1S/C64H65N13O12S6/c1-31-45(79)24-77-51(31)61-74-44(30-94-61)58-71-41(27-92-58)49-37(19-20-38(68-49)57-67-35(26-90-57)25-88-63(87)66-21-11-7-10-14-47(81)89-64(3,4)5)56-72-42(28-91-56)53(83)69-39(23-46(65)80)59-76-48(32(2)95-59)55(85)75-50(52(82)34-12-8-6-9-13-34)60-73-43(29-93-60)54(84)70-40(62(77)86)22-33-15-17-36(78)18-16-33/h6,8-9,12-13,15-20,26-31,39-40,45,50-52,78-79,82H,7,10-11,14,21-25H2,1-5H3,(H2,65,80)(H,66,87)(H,69,83)(H,70,84)(H,75,85)/t31-,39-,40-,45-,50-,51-,52+/m0/s1. The van der Waals surface area contributed by atoms with E-state index in [4.69, 9.17) is 40.1 Å². The number of benzene rings is 2. The highest BCUT2D eigenvalue weighted by atomic mass is 32.1. The molecule has 2 aromatic carbocycles. The van der Waals surface area contributed by atoms with E-state index in [1.54, 1.807) is 83.0 Å². The molecule has 9 heterocycles. The van der Waals surface area contributed by atoms with Crippen LogP contribution in [0.2, 0.25) is 0 Å². The van der Waals surface area contributed by atoms with E-state index in [1.165, 1.54) is 56.4 Å². The van der Waals surface area contributed by atoms with Crippen LogP contribution in [0.25, 0.3) is 43.4 Å². The number of esters is 1. The summed E-state index contributed by atoms with van der Waals surface area (Å²) in [6.07, 6.45) is -1.22. The third kappa shape index (κ3) is 16.3. The van der Waals surface area contributed by atoms with Crippen LogP contribution < -0.4 is 27.0 Å². The molecule has 10 bridgehead atoms. The van der Waals surface area contributed by atoms with E-state index in [0.717, 1.165) is 34.0 Å². The molecule has 0 radical (unpaired) electrons. The lowest BCUT2D eigenvalue weighted by Gasteiger charge is -2.29. The van der Waals surface area contributed by atoms with Gasteiger partial charge < -0.3 is 56.7 Å². The minimum atomic E-state index is -1.42. The second-order valence-electron chi connectivity index (χ2n) is 23.6. The van der Waals surface area contributed by atoms with Gasteiger partial charge in [-0.25, -0.2) is 39.7 Å². The fourth-order valence-corrected chi connectivity index (χ4v) is 16.0. The number of nitrogens with two attached hydrogens (primary N) is 1. The molecule has 0 spiro atoms. The fraction of sp³-hybridized carbons (Fsp3) is 0.344. The van der Waals surface area contributed by atoms with Gasteiger partial charge in [-0.1, -0.05) is 55.8 Å². The number of carbonyl (C=O) groups is 7. The van der Waals surface area contributed by atoms with E-state index < -0.39 is 89.9 Å². The Morgan fingerprint density at radius 2 is 1.37 bits per heavy atom. The SMILES string of the molecule is Cc1sc2nc1C(=O)N[C@@H]([C@H](O)c1ccccc1)c1nc(cs1)C(=O)N[C@@H](Cc1ccc(O)cc1)C(=O)N1C[C@H](O)[C@H](C)[C@H]1c1nc(cs1)-c1nc(cs1)-c1nc(-c3nc(COC(=O)NCCCCCC(=O)OC(C)(C)C)cs3)ccc1-c1nc(cs1)C(=O)N[C@H]2CC(N)=O. The molecule has 0 aliphatic carbocycles. The second-order valence-corrected chi connectivity index (χ2v) is 29.2. The number of alkyl carbamates (subject to hydrolysis) is 1. The van der Waals surface area contributed by atoms with E-state index in [-0.39, 0.29) is 64.8 Å². The van der Waals surface area contributed by atoms with Gasteiger partial charge in [-0.3, -0.25) is 28.8 Å². The number of aromatic nitrogens is 7. The molecule has 2 aliphatic heterocycles. The number of ether oxygens (including phenoxy) is 2. The zero-order chi connectivity index (χ0) is 67.2. The molecule has 9 N–H and O–H groups in total. The van der Waals surface area contributed by atoms with Crippen molar-refractivity contribution in [2.75, 3.05) is 13.1 Å². The van der Waals surface area contributed by atoms with Gasteiger partial charge in [0.1, 0.15) is 100 Å². The Bertz CT molecular complexity index is 4290. The van der Waals surface area contributed by atoms with Crippen molar-refractivity contribution in [1.29, 1.82) is 0 Å². The molecule has 6 amide bonds. The number of carbonyl (C=O) groups excluding carboxylic acids is 7. The number of hydrogen-bond donors (Lipinski definition) is 8. The smallest absolute Gasteiger partial charge is 0.407 e. The topological polar surface area (TPSA) is 366 Å². The van der Waals surface area contributed by atoms with Gasteiger partial charge in [0.05, 0.1) is 36.0 Å². The first-order chi connectivity index (χ1) is 45.5. The average molecular weight is 1400 g/mol. The van der Waals surface area contributed by atoms with Crippen LogP contribution >= 0.6 is 68.0 Å². The maximum atomic E-state index is 15.2. The van der Waals surface area contributed by atoms with Gasteiger partial charge in [0.2, 0.25) is 11.8 Å². The number of aromatic hydroxyl groups is 1. The first kappa shape index (κ1) is 67.6. The number of thiazole rings is 6. The van der Waals surface area contributed by atoms with E-state index in [9.17, 15) is 44.1 Å². The van der Waals surface area contributed by atoms with Crippen LogP contribution in [0.5, 0.6) is 5.75 Å². The number of pyridine rings is 1. The van der Waals surface area contributed by atoms with Gasteiger partial charge in [0.15, 0.2) is 0 Å². The molecule has 7 aromatic heterocycles. The Morgan fingerprint density at radius 3 is 2.13 bits per heavy atom. The number of nitrogens with one attached hydrogen (secondary N) is 4. The molecule has 1 saturated heterocycles. The van der Waals surface area contributed by atoms with Gasteiger partial charge in [0.25, 0.3) is 17.7 Å². The van der Waals surface area contributed by atoms with Crippen molar-refractivity contribution in [1.82, 2.24) is 61.1 Å². The Morgan fingerprint density at radius 1 is 0.705 bits per heavy atom. The highest BCUT2D eigenvalue weighted by molar-refractivity contribution is 7.15. The van der Waals surface area contributed by atoms with Crippen LogP contribution in [0.4, 0.5) is 4.79 Å². The molecule has 0 saturated carbocycles. The number of hydrogen-bond acceptors (Lipinski definition) is 25. The third-order valence-corrected chi connectivity index (χ3v) is 20.9. The van der Waals surface area contributed by atoms with Crippen molar-refractivity contribution >= 4 is 110 Å². The van der Waals surface area contributed by atoms with Crippen molar-refractivity contribution in [3.63, 3.8) is 0 Å². The van der Waals surface area contributed by atoms with Crippen molar-refractivity contribution in [2.45, 2.75) is 122 Å². The summed E-state index contributed by atoms with van der Waals surface area (Å²) >= 11 is 7.00. The lowest BCUT2D eigenvalue weighted by atomic mass is 10.00. The number of aryl methyl sites for hydroxylation is 1. The zero-order valence-corrected chi connectivity index (χ0v) is 56.7. The summed E-state index contributed by atoms with van der Waals surface area (Å²) in [5.41, 5.74) is 8.61. The molecular weight excluding hydrogens is 1340 g/mol. The highest BCUT2D eigenvalue weighted by Gasteiger charge is 2.46. The van der Waals surface area contributed by atoms with Crippen LogP contribution in [0.1, 0.15) is 152 Å². The summed E-state index contributed by atoms with van der Waals surface area (Å²) in [4.78, 5) is 132. The van der Waals surface area contributed by atoms with Gasteiger partial charge in [-0.05, 0) is 75.9 Å². The van der Waals surface area contributed by atoms with Crippen LogP contribution in [-0.4, -0.2) is 128 Å². The number of primary amides is 1. The zero-order valence-electron chi connectivity index (χ0n) is 51.8.